The molecule has 2 nitrogen and oxygen atoms in total. The van der Waals surface area contributed by atoms with Crippen LogP contribution in [0.5, 0.6) is 0 Å². The summed E-state index contributed by atoms with van der Waals surface area (Å²) in [5.74, 6) is 0. The number of nitrogens with zero attached hydrogens (tertiary/aromatic N) is 2. The standard InChI is InChI=1S/C50H42N2/c1-49(2)43-21-13-11-19-39(43)40-29-28-38(32-45(40)49)51(35-15-7-5-8-16-35)37-26-23-33(24-27-37)34-25-30-46-42(31-34)47-48(52(46)36-17-9-6-10-18-36)41-20-12-14-22-44(41)50(47,3)4/h5-27,29-32,38H,28H2,1-4H3. The summed E-state index contributed by atoms with van der Waals surface area (Å²) in [6.07, 6.45) is 5.98. The van der Waals surface area contributed by atoms with Crippen LogP contribution < -0.4 is 4.90 Å². The first-order valence-electron chi connectivity index (χ1n) is 18.6. The van der Waals surface area contributed by atoms with Crippen LogP contribution >= 0.6 is 0 Å². The molecule has 252 valence electrons. The first-order valence-corrected chi connectivity index (χ1v) is 18.6. The van der Waals surface area contributed by atoms with E-state index in [1.807, 2.05) is 0 Å². The number of hydrogen-bond donors (Lipinski definition) is 0. The van der Waals surface area contributed by atoms with Crippen LogP contribution in [0.15, 0.2) is 169 Å². The molecule has 0 saturated carbocycles. The molecule has 2 heteroatoms. The maximum absolute atomic E-state index is 2.54. The molecule has 7 aromatic rings. The van der Waals surface area contributed by atoms with Gasteiger partial charge in [-0.3, -0.25) is 0 Å². The highest BCUT2D eigenvalue weighted by atomic mass is 15.2. The second kappa shape index (κ2) is 11.3. The Morgan fingerprint density at radius 1 is 0.577 bits per heavy atom. The van der Waals surface area contributed by atoms with Gasteiger partial charge in [0.05, 0.1) is 17.3 Å². The Labute approximate surface area is 307 Å². The van der Waals surface area contributed by atoms with Crippen LogP contribution in [0.4, 0.5) is 11.4 Å². The van der Waals surface area contributed by atoms with Crippen LogP contribution in [0.2, 0.25) is 0 Å². The number of hydrogen-bond acceptors (Lipinski definition) is 1. The van der Waals surface area contributed by atoms with Gasteiger partial charge in [-0.1, -0.05) is 143 Å². The number of benzene rings is 6. The lowest BCUT2D eigenvalue weighted by atomic mass is 9.79. The van der Waals surface area contributed by atoms with Crippen molar-refractivity contribution < 1.29 is 0 Å². The van der Waals surface area contributed by atoms with Gasteiger partial charge in [0, 0.05) is 38.8 Å². The fourth-order valence-electron chi connectivity index (χ4n) is 9.59. The van der Waals surface area contributed by atoms with Crippen molar-refractivity contribution in [3.63, 3.8) is 0 Å². The molecule has 1 atom stereocenters. The second-order valence-electron chi connectivity index (χ2n) is 15.7. The van der Waals surface area contributed by atoms with Crippen molar-refractivity contribution in [3.8, 4) is 28.1 Å². The van der Waals surface area contributed by atoms with Crippen molar-refractivity contribution in [1.29, 1.82) is 0 Å². The molecule has 1 unspecified atom stereocenters. The van der Waals surface area contributed by atoms with Crippen molar-refractivity contribution in [2.45, 2.75) is 51.0 Å². The minimum atomic E-state index is -0.110. The zero-order chi connectivity index (χ0) is 35.2. The molecule has 3 aliphatic carbocycles. The van der Waals surface area contributed by atoms with Gasteiger partial charge in [0.15, 0.2) is 0 Å². The highest BCUT2D eigenvalue weighted by Crippen LogP contribution is 2.55. The van der Waals surface area contributed by atoms with Gasteiger partial charge in [-0.25, -0.2) is 0 Å². The largest absolute Gasteiger partial charge is 0.334 e. The van der Waals surface area contributed by atoms with E-state index in [1.54, 1.807) is 0 Å². The molecule has 0 aliphatic heterocycles. The Bertz CT molecular complexity index is 2580. The normalized spacial score (nSPS) is 17.5. The molecular formula is C50H42N2. The average molecular weight is 671 g/mol. The third-order valence-electron chi connectivity index (χ3n) is 12.1. The number of para-hydroxylation sites is 2. The zero-order valence-corrected chi connectivity index (χ0v) is 30.3. The Hall–Kier alpha value is -5.86. The Balaban J connectivity index is 1.06. The molecule has 0 fully saturated rings. The smallest absolute Gasteiger partial charge is 0.0584 e. The fraction of sp³-hybridized carbons (Fsp3) is 0.160. The van der Waals surface area contributed by atoms with Gasteiger partial charge >= 0.3 is 0 Å². The lowest BCUT2D eigenvalue weighted by Crippen LogP contribution is -2.32. The van der Waals surface area contributed by atoms with Crippen molar-refractivity contribution in [1.82, 2.24) is 4.57 Å². The summed E-state index contributed by atoms with van der Waals surface area (Å²) in [5.41, 5.74) is 18.3. The van der Waals surface area contributed by atoms with Gasteiger partial charge in [0.25, 0.3) is 0 Å². The summed E-state index contributed by atoms with van der Waals surface area (Å²) < 4.78 is 2.48. The van der Waals surface area contributed by atoms with Crippen LogP contribution in [0, 0.1) is 0 Å². The molecule has 1 heterocycles. The first kappa shape index (κ1) is 30.9. The predicted molar refractivity (Wildman–Crippen MR) is 219 cm³/mol. The minimum Gasteiger partial charge on any atom is -0.334 e. The highest BCUT2D eigenvalue weighted by molar-refractivity contribution is 6.01. The van der Waals surface area contributed by atoms with E-state index in [9.17, 15) is 0 Å². The maximum atomic E-state index is 2.54. The lowest BCUT2D eigenvalue weighted by Gasteiger charge is -2.35. The van der Waals surface area contributed by atoms with E-state index in [1.165, 1.54) is 83.7 Å². The third-order valence-corrected chi connectivity index (χ3v) is 12.1. The molecule has 52 heavy (non-hydrogen) atoms. The molecule has 0 N–H and O–H groups in total. The van der Waals surface area contributed by atoms with Crippen molar-refractivity contribution in [2.24, 2.45) is 0 Å². The van der Waals surface area contributed by atoms with Crippen LogP contribution in [0.3, 0.4) is 0 Å². The molecule has 0 amide bonds. The maximum Gasteiger partial charge on any atom is 0.0584 e. The first-order chi connectivity index (χ1) is 25.3. The van der Waals surface area contributed by atoms with E-state index in [4.69, 9.17) is 0 Å². The third kappa shape index (κ3) is 4.43. The van der Waals surface area contributed by atoms with E-state index in [0.717, 1.165) is 6.42 Å². The summed E-state index contributed by atoms with van der Waals surface area (Å²) in [6, 6.07) is 56.2. The van der Waals surface area contributed by atoms with Gasteiger partial charge < -0.3 is 9.47 Å². The number of rotatable bonds is 5. The van der Waals surface area contributed by atoms with Gasteiger partial charge in [-0.05, 0) is 99.5 Å². The van der Waals surface area contributed by atoms with E-state index in [0.29, 0.717) is 0 Å². The Morgan fingerprint density at radius 3 is 1.90 bits per heavy atom. The monoisotopic (exact) mass is 670 g/mol. The molecule has 1 aromatic heterocycles. The van der Waals surface area contributed by atoms with E-state index in [-0.39, 0.29) is 16.9 Å². The topological polar surface area (TPSA) is 8.17 Å². The van der Waals surface area contributed by atoms with E-state index >= 15 is 0 Å². The zero-order valence-electron chi connectivity index (χ0n) is 30.3. The number of fused-ring (bicyclic) bond motifs is 8. The van der Waals surface area contributed by atoms with Gasteiger partial charge in [-0.15, -0.1) is 0 Å². The van der Waals surface area contributed by atoms with Crippen molar-refractivity contribution >= 4 is 27.9 Å². The van der Waals surface area contributed by atoms with Crippen LogP contribution in [0.1, 0.15) is 56.4 Å². The summed E-state index contributed by atoms with van der Waals surface area (Å²) in [7, 11) is 0. The molecule has 10 rings (SSSR count). The second-order valence-corrected chi connectivity index (χ2v) is 15.7. The van der Waals surface area contributed by atoms with E-state index in [2.05, 4.69) is 201 Å². The van der Waals surface area contributed by atoms with Crippen LogP contribution in [-0.2, 0) is 10.8 Å². The summed E-state index contributed by atoms with van der Waals surface area (Å²) in [4.78, 5) is 2.53. The van der Waals surface area contributed by atoms with Crippen LogP contribution in [-0.4, -0.2) is 10.6 Å². The molecule has 3 aliphatic rings. The Kier molecular flexibility index (Phi) is 6.73. The van der Waals surface area contributed by atoms with Crippen molar-refractivity contribution in [3.05, 3.63) is 192 Å². The van der Waals surface area contributed by atoms with Gasteiger partial charge in [-0.2, -0.15) is 0 Å². The lowest BCUT2D eigenvalue weighted by molar-refractivity contribution is 0.644. The fourth-order valence-corrected chi connectivity index (χ4v) is 9.59. The molecule has 0 radical (unpaired) electrons. The predicted octanol–water partition coefficient (Wildman–Crippen LogP) is 12.8. The average Bonchev–Trinajstić information content (AvgIpc) is 3.74. The minimum absolute atomic E-state index is 0.0263. The van der Waals surface area contributed by atoms with Gasteiger partial charge in [0.2, 0.25) is 0 Å². The summed E-state index contributed by atoms with van der Waals surface area (Å²) in [6.45, 7) is 9.53. The summed E-state index contributed by atoms with van der Waals surface area (Å²) >= 11 is 0. The highest BCUT2D eigenvalue weighted by Gasteiger charge is 2.41. The van der Waals surface area contributed by atoms with Crippen LogP contribution in [0.25, 0.3) is 44.5 Å². The number of anilines is 2. The van der Waals surface area contributed by atoms with Gasteiger partial charge in [0.1, 0.15) is 0 Å². The van der Waals surface area contributed by atoms with Crippen molar-refractivity contribution in [2.75, 3.05) is 4.90 Å². The SMILES string of the molecule is CC1(C)C2=CC(N(c3ccccc3)c3ccc(-c4ccc5c(c4)c4c(n5-c5ccccc5)-c5ccccc5C4(C)C)cc3)CC=C2c2ccccc21. The molecule has 0 spiro atoms. The molecule has 0 saturated heterocycles. The molecular weight excluding hydrogens is 629 g/mol. The quantitative estimate of drug-likeness (QED) is 0.177. The number of aromatic nitrogens is 1. The molecule has 0 bridgehead atoms. The number of allylic oxidation sites excluding steroid dienone is 2. The summed E-state index contributed by atoms with van der Waals surface area (Å²) in [5, 5.41) is 1.32. The Morgan fingerprint density at radius 2 is 1.17 bits per heavy atom. The molecule has 6 aromatic carbocycles. The van der Waals surface area contributed by atoms with E-state index < -0.39 is 0 Å².